The molecular formula is C20H25NO4. The Labute approximate surface area is 147 Å². The van der Waals surface area contributed by atoms with Crippen LogP contribution < -0.4 is 0 Å². The van der Waals surface area contributed by atoms with E-state index in [0.717, 1.165) is 17.5 Å². The SMILES string of the molecule is OC[C@H]1[C@@H](O)[C@H](O)[C@@H](O)CN1CCc1ccc(-c2ccccc2)cc1. The average molecular weight is 343 g/mol. The second kappa shape index (κ2) is 8.08. The Bertz CT molecular complexity index is 661. The van der Waals surface area contributed by atoms with E-state index in [9.17, 15) is 20.4 Å². The number of likely N-dealkylation sites (tertiary alicyclic amines) is 1. The molecule has 0 saturated carbocycles. The first kappa shape index (κ1) is 18.0. The lowest BCUT2D eigenvalue weighted by Gasteiger charge is -2.43. The van der Waals surface area contributed by atoms with Gasteiger partial charge in [0.05, 0.1) is 18.8 Å². The van der Waals surface area contributed by atoms with Gasteiger partial charge in [0.25, 0.3) is 0 Å². The summed E-state index contributed by atoms with van der Waals surface area (Å²) in [5, 5.41) is 39.1. The maximum absolute atomic E-state index is 10.0. The fraction of sp³-hybridized carbons (Fsp3) is 0.400. The van der Waals surface area contributed by atoms with Crippen molar-refractivity contribution >= 4 is 0 Å². The highest BCUT2D eigenvalue weighted by atomic mass is 16.4. The Balaban J connectivity index is 1.63. The molecule has 1 fully saturated rings. The van der Waals surface area contributed by atoms with Crippen LogP contribution in [0.4, 0.5) is 0 Å². The Hall–Kier alpha value is -1.76. The van der Waals surface area contributed by atoms with Crippen LogP contribution in [0.3, 0.4) is 0 Å². The van der Waals surface area contributed by atoms with Crippen LogP contribution in [0.1, 0.15) is 5.56 Å². The van der Waals surface area contributed by atoms with Gasteiger partial charge in [-0.15, -0.1) is 0 Å². The number of rotatable bonds is 5. The van der Waals surface area contributed by atoms with Crippen molar-refractivity contribution in [2.45, 2.75) is 30.8 Å². The summed E-state index contributed by atoms with van der Waals surface area (Å²) in [6.45, 7) is 0.584. The van der Waals surface area contributed by atoms with Gasteiger partial charge in [-0.05, 0) is 23.1 Å². The average Bonchev–Trinajstić information content (AvgIpc) is 2.66. The number of nitrogens with zero attached hydrogens (tertiary/aromatic N) is 1. The molecule has 0 amide bonds. The first-order chi connectivity index (χ1) is 12.1. The second-order valence-corrected chi connectivity index (χ2v) is 6.61. The van der Waals surface area contributed by atoms with Gasteiger partial charge in [-0.2, -0.15) is 0 Å². The van der Waals surface area contributed by atoms with Crippen molar-refractivity contribution in [3.05, 3.63) is 60.2 Å². The van der Waals surface area contributed by atoms with E-state index in [1.165, 1.54) is 5.56 Å². The van der Waals surface area contributed by atoms with Crippen LogP contribution in [0, 0.1) is 0 Å². The van der Waals surface area contributed by atoms with Crippen molar-refractivity contribution in [1.29, 1.82) is 0 Å². The van der Waals surface area contributed by atoms with Gasteiger partial charge in [0.15, 0.2) is 0 Å². The van der Waals surface area contributed by atoms with Crippen LogP contribution >= 0.6 is 0 Å². The Morgan fingerprint density at radius 3 is 2.12 bits per heavy atom. The molecule has 0 unspecified atom stereocenters. The molecule has 0 aliphatic carbocycles. The van der Waals surface area contributed by atoms with E-state index in [1.807, 2.05) is 23.1 Å². The zero-order valence-electron chi connectivity index (χ0n) is 14.1. The molecule has 1 saturated heterocycles. The third-order valence-corrected chi connectivity index (χ3v) is 4.96. The molecule has 4 atom stereocenters. The number of β-amino-alcohol motifs (C(OH)–C–C–N with tert-alkyl or cyclic N) is 1. The predicted molar refractivity (Wildman–Crippen MR) is 96.0 cm³/mol. The van der Waals surface area contributed by atoms with E-state index in [-0.39, 0.29) is 13.2 Å². The molecule has 1 aliphatic rings. The van der Waals surface area contributed by atoms with Crippen LogP contribution in [-0.4, -0.2) is 69.4 Å². The quantitative estimate of drug-likeness (QED) is 0.641. The summed E-state index contributed by atoms with van der Waals surface area (Å²) in [5.74, 6) is 0. The van der Waals surface area contributed by atoms with Crippen LogP contribution in [0.15, 0.2) is 54.6 Å². The number of piperidine rings is 1. The molecule has 25 heavy (non-hydrogen) atoms. The van der Waals surface area contributed by atoms with Crippen LogP contribution in [0.2, 0.25) is 0 Å². The van der Waals surface area contributed by atoms with Gasteiger partial charge in [-0.25, -0.2) is 0 Å². The number of aliphatic hydroxyl groups excluding tert-OH is 4. The van der Waals surface area contributed by atoms with Crippen molar-refractivity contribution in [2.24, 2.45) is 0 Å². The molecule has 3 rings (SSSR count). The lowest BCUT2D eigenvalue weighted by Crippen LogP contribution is -2.62. The third-order valence-electron chi connectivity index (χ3n) is 4.96. The van der Waals surface area contributed by atoms with Gasteiger partial charge in [-0.1, -0.05) is 54.6 Å². The van der Waals surface area contributed by atoms with E-state index in [1.54, 1.807) is 0 Å². The molecule has 134 valence electrons. The van der Waals surface area contributed by atoms with Crippen LogP contribution in [-0.2, 0) is 6.42 Å². The van der Waals surface area contributed by atoms with Crippen LogP contribution in [0.25, 0.3) is 11.1 Å². The van der Waals surface area contributed by atoms with Gasteiger partial charge >= 0.3 is 0 Å². The first-order valence-electron chi connectivity index (χ1n) is 8.63. The monoisotopic (exact) mass is 343 g/mol. The van der Waals surface area contributed by atoms with Crippen molar-refractivity contribution in [3.63, 3.8) is 0 Å². The normalized spacial score (nSPS) is 27.4. The van der Waals surface area contributed by atoms with Gasteiger partial charge in [0, 0.05) is 13.1 Å². The van der Waals surface area contributed by atoms with E-state index in [2.05, 4.69) is 36.4 Å². The summed E-state index contributed by atoms with van der Waals surface area (Å²) in [6.07, 6.45) is -2.62. The van der Waals surface area contributed by atoms with E-state index >= 15 is 0 Å². The first-order valence-corrected chi connectivity index (χ1v) is 8.63. The highest BCUT2D eigenvalue weighted by Crippen LogP contribution is 2.21. The van der Waals surface area contributed by atoms with Gasteiger partial charge in [0.2, 0.25) is 0 Å². The maximum Gasteiger partial charge on any atom is 0.109 e. The van der Waals surface area contributed by atoms with Crippen molar-refractivity contribution in [1.82, 2.24) is 4.90 Å². The van der Waals surface area contributed by atoms with Gasteiger partial charge in [0.1, 0.15) is 12.2 Å². The molecule has 1 aliphatic heterocycles. The Morgan fingerprint density at radius 1 is 0.840 bits per heavy atom. The topological polar surface area (TPSA) is 84.2 Å². The Kier molecular flexibility index (Phi) is 5.83. The molecule has 0 aromatic heterocycles. The molecule has 4 N–H and O–H groups in total. The molecule has 1 heterocycles. The number of aliphatic hydroxyl groups is 4. The minimum Gasteiger partial charge on any atom is -0.395 e. The van der Waals surface area contributed by atoms with E-state index in [4.69, 9.17) is 0 Å². The van der Waals surface area contributed by atoms with E-state index < -0.39 is 24.4 Å². The minimum absolute atomic E-state index is 0.242. The van der Waals surface area contributed by atoms with Crippen molar-refractivity contribution in [2.75, 3.05) is 19.7 Å². The summed E-state index contributed by atoms with van der Waals surface area (Å²) < 4.78 is 0. The molecule has 2 aromatic rings. The molecule has 5 nitrogen and oxygen atoms in total. The lowest BCUT2D eigenvalue weighted by molar-refractivity contribution is -0.144. The summed E-state index contributed by atoms with van der Waals surface area (Å²) in [7, 11) is 0. The fourth-order valence-electron chi connectivity index (χ4n) is 3.40. The minimum atomic E-state index is -1.21. The summed E-state index contributed by atoms with van der Waals surface area (Å²) in [4.78, 5) is 1.84. The largest absolute Gasteiger partial charge is 0.395 e. The smallest absolute Gasteiger partial charge is 0.109 e. The molecule has 2 aromatic carbocycles. The number of hydrogen-bond donors (Lipinski definition) is 4. The lowest BCUT2D eigenvalue weighted by atomic mass is 9.93. The van der Waals surface area contributed by atoms with Gasteiger partial charge in [-0.3, -0.25) is 4.90 Å². The highest BCUT2D eigenvalue weighted by Gasteiger charge is 2.40. The van der Waals surface area contributed by atoms with Crippen molar-refractivity contribution < 1.29 is 20.4 Å². The zero-order chi connectivity index (χ0) is 17.8. The summed E-state index contributed by atoms with van der Waals surface area (Å²) in [5.41, 5.74) is 3.47. The van der Waals surface area contributed by atoms with Crippen molar-refractivity contribution in [3.8, 4) is 11.1 Å². The second-order valence-electron chi connectivity index (χ2n) is 6.61. The maximum atomic E-state index is 10.0. The molecule has 0 bridgehead atoms. The van der Waals surface area contributed by atoms with Crippen LogP contribution in [0.5, 0.6) is 0 Å². The fourth-order valence-corrected chi connectivity index (χ4v) is 3.40. The third kappa shape index (κ3) is 4.08. The number of benzene rings is 2. The predicted octanol–water partition coefficient (Wildman–Crippen LogP) is 0.655. The standard InChI is InChI=1S/C20H25NO4/c22-13-17-19(24)20(25)18(23)12-21(17)11-10-14-6-8-16(9-7-14)15-4-2-1-3-5-15/h1-9,17-20,22-25H,10-13H2/t17-,18-,19+,20+/m0/s1. The number of hydrogen-bond acceptors (Lipinski definition) is 5. The molecular weight excluding hydrogens is 318 g/mol. The van der Waals surface area contributed by atoms with E-state index in [0.29, 0.717) is 6.54 Å². The Morgan fingerprint density at radius 2 is 1.48 bits per heavy atom. The summed E-state index contributed by atoms with van der Waals surface area (Å²) in [6, 6.07) is 17.9. The van der Waals surface area contributed by atoms with Gasteiger partial charge < -0.3 is 20.4 Å². The highest BCUT2D eigenvalue weighted by molar-refractivity contribution is 5.63. The molecule has 0 radical (unpaired) electrons. The zero-order valence-corrected chi connectivity index (χ0v) is 14.1. The summed E-state index contributed by atoms with van der Waals surface area (Å²) >= 11 is 0. The molecule has 0 spiro atoms. The molecule has 5 heteroatoms.